The number of rotatable bonds is 0. The topological polar surface area (TPSA) is 118 Å². The minimum absolute atomic E-state index is 0.129. The van der Waals surface area contributed by atoms with E-state index in [9.17, 15) is 0 Å². The summed E-state index contributed by atoms with van der Waals surface area (Å²) in [5, 5.41) is 11.6. The molecule has 0 atom stereocenters. The number of allylic oxidation sites excluding steroid dienone is 9. The quantitative estimate of drug-likeness (QED) is 0.107. The first kappa shape index (κ1) is 142. The van der Waals surface area contributed by atoms with E-state index in [4.69, 9.17) is 11.8 Å². The van der Waals surface area contributed by atoms with Gasteiger partial charge in [0.15, 0.2) is 0 Å². The SMILES string of the molecule is C=C1C(=CC)C(=C)N(C)C(=C)N1C.C=C1C/C(=C\C)C(=C)N1C.C=C1c2cccc3cccc(c23)C(=C)N1C.CC.CC.CC.CC.CC.CC.CC.CC.CC.CC.CC.CC.CC.CC.CC.CC.Cc1ncncn1.[C-]#[N+]/C(C#N)=C1\C(=C\C)C(=C)c2ccccc21.c1ccccc1.c1ccccc1.c1ccccc1.c1ccncc1.c1cncnc1. The van der Waals surface area contributed by atoms with Crippen LogP contribution in [-0.4, -0.2) is 77.7 Å². The third kappa shape index (κ3) is 62.6. The van der Waals surface area contributed by atoms with Gasteiger partial charge in [-0.3, -0.25) is 4.98 Å². The maximum absolute atomic E-state index is 9.03. The molecule has 3 aliphatic heterocycles. The number of likely N-dealkylation sites (N-methyl/N-ethyl adjacent to an activating group) is 3. The highest BCUT2D eigenvalue weighted by Gasteiger charge is 2.28. The second-order valence-electron chi connectivity index (χ2n) is 20.1. The smallest absolute Gasteiger partial charge is 0.270 e. The van der Waals surface area contributed by atoms with E-state index >= 15 is 0 Å². The van der Waals surface area contributed by atoms with E-state index in [1.807, 2.05) is 462 Å². The van der Waals surface area contributed by atoms with Crippen LogP contribution in [-0.2, 0) is 0 Å². The molecular weight excluding hydrogens is 1530 g/mol. The monoisotopic (exact) mass is 1710 g/mol. The molecule has 2 saturated heterocycles. The Kier molecular flexibility index (Phi) is 127. The van der Waals surface area contributed by atoms with Crippen LogP contribution in [0.25, 0.3) is 38.2 Å². The molecule has 0 radical (unpaired) electrons. The third-order valence-electron chi connectivity index (χ3n) is 14.3. The number of aromatic nitrogens is 6. The van der Waals surface area contributed by atoms with Gasteiger partial charge in [0, 0.05) is 121 Å². The molecule has 692 valence electrons. The molecular formula is C113H180N12. The van der Waals surface area contributed by atoms with Crippen molar-refractivity contribution in [3.8, 4) is 6.07 Å². The summed E-state index contributed by atoms with van der Waals surface area (Å²) in [7, 11) is 7.93. The van der Waals surface area contributed by atoms with Crippen molar-refractivity contribution >= 4 is 33.3 Å². The summed E-state index contributed by atoms with van der Waals surface area (Å²) in [6.07, 6.45) is 18.3. The van der Waals surface area contributed by atoms with Crippen molar-refractivity contribution in [2.75, 3.05) is 28.2 Å². The molecule has 125 heavy (non-hydrogen) atoms. The first-order chi connectivity index (χ1) is 61.0. The molecule has 0 N–H and O–H groups in total. The summed E-state index contributed by atoms with van der Waals surface area (Å²) in [6, 6.07) is 65.9. The first-order valence-electron chi connectivity index (χ1n) is 45.7. The van der Waals surface area contributed by atoms with Crippen LogP contribution >= 0.6 is 0 Å². The highest BCUT2D eigenvalue weighted by Crippen LogP contribution is 2.46. The molecule has 9 aromatic rings. The number of benzene rings is 6. The molecule has 12 heteroatoms. The summed E-state index contributed by atoms with van der Waals surface area (Å²) in [6.45, 7) is 111. The van der Waals surface area contributed by atoms with Crippen molar-refractivity contribution in [2.24, 2.45) is 0 Å². The fourth-order valence-electron chi connectivity index (χ4n) is 8.99. The van der Waals surface area contributed by atoms with E-state index in [0.29, 0.717) is 5.57 Å². The molecule has 6 aromatic carbocycles. The predicted octanol–water partition coefficient (Wildman–Crippen LogP) is 35.4. The van der Waals surface area contributed by atoms with Crippen LogP contribution in [0.4, 0.5) is 0 Å². The molecule has 0 spiro atoms. The molecule has 6 heterocycles. The highest BCUT2D eigenvalue weighted by atomic mass is 15.3. The number of pyridine rings is 1. The molecule has 0 unspecified atom stereocenters. The minimum atomic E-state index is 0.129. The minimum Gasteiger partial charge on any atom is -0.349 e. The van der Waals surface area contributed by atoms with E-state index in [1.165, 1.54) is 46.5 Å². The van der Waals surface area contributed by atoms with Crippen LogP contribution < -0.4 is 0 Å². The van der Waals surface area contributed by atoms with Crippen molar-refractivity contribution in [1.29, 1.82) is 5.26 Å². The van der Waals surface area contributed by atoms with Gasteiger partial charge in [-0.25, -0.2) is 35.0 Å². The predicted molar refractivity (Wildman–Crippen MR) is 571 cm³/mol. The summed E-state index contributed by atoms with van der Waals surface area (Å²) in [4.78, 5) is 33.6. The number of nitriles is 1. The molecule has 12 nitrogen and oxygen atoms in total. The number of hydrogen-bond acceptors (Lipinski definition) is 11. The van der Waals surface area contributed by atoms with Gasteiger partial charge in [-0.2, -0.15) is 0 Å². The Bertz CT molecular complexity index is 3700. The average molecular weight is 1710 g/mol. The Morgan fingerprint density at radius 3 is 0.880 bits per heavy atom. The van der Waals surface area contributed by atoms with E-state index < -0.39 is 0 Å². The first-order valence-corrected chi connectivity index (χ1v) is 45.7. The maximum atomic E-state index is 9.03. The second kappa shape index (κ2) is 112. The molecule has 3 aromatic heterocycles. The van der Waals surface area contributed by atoms with Crippen LogP contribution in [0.15, 0.2) is 360 Å². The lowest BCUT2D eigenvalue weighted by molar-refractivity contribution is 0.338. The van der Waals surface area contributed by atoms with Gasteiger partial charge in [0.1, 0.15) is 30.6 Å². The summed E-state index contributed by atoms with van der Waals surface area (Å²) >= 11 is 0. The molecule has 0 saturated carbocycles. The van der Waals surface area contributed by atoms with E-state index in [-0.39, 0.29) is 5.70 Å². The fraction of sp³-hybridized carbons (Fsp3) is 0.363. The van der Waals surface area contributed by atoms with Crippen LogP contribution in [0, 0.1) is 24.8 Å². The number of fused-ring (bicyclic) bond motifs is 1. The highest BCUT2D eigenvalue weighted by molar-refractivity contribution is 6.09. The van der Waals surface area contributed by atoms with Crippen molar-refractivity contribution in [1.82, 2.24) is 49.5 Å². The maximum Gasteiger partial charge on any atom is 0.270 e. The standard InChI is InChI=1S/C15H10N2.C15H13N.C11H16N2.C9H13N.3C6H6.C5H5N.C4H5N3.C4H4N2.16C2H6/c1-4-11-10(2)12-7-5-6-8-13(12)15(11)14(9-16)17-3;1-10-13-8-4-6-12-7-5-9-14(15(12)13)11(2)16(10)3;1-7-11-8(2)12(5)10(4)13(6)9(11)3;1-5-9-6-7(2)10(4)8(9)3;4*1-2-4-6-5-3-1;1-4-6-2-5-3-7-4;1-2-5-4-6-3-1;16*1-2/h4-8H,2H2,1H3;4-9H,1-2H2,3H3;7H,2-4H2,1,5-6H3;5H,2-3,6H2,1,4H3;3*1-6H;1-5H;2-3H,1H3;1-4H;16*1-2H3/b11-4+,15-14+;;;9-5+;;;;;;;;;;;;;;;;;;;;;;. The zero-order valence-corrected chi connectivity index (χ0v) is 87.0. The normalized spacial score (nSPS) is 11.3. The fourth-order valence-corrected chi connectivity index (χ4v) is 8.99. The Labute approximate surface area is 772 Å². The number of likely N-dealkylation sites (tertiary alicyclic amines) is 1. The molecule has 13 rings (SSSR count). The Hall–Kier alpha value is -12.1. The van der Waals surface area contributed by atoms with Gasteiger partial charge >= 0.3 is 0 Å². The lowest BCUT2D eigenvalue weighted by Gasteiger charge is -2.39. The van der Waals surface area contributed by atoms with Gasteiger partial charge in [-0.1, -0.05) is 468 Å². The number of aryl methyl sites for hydroxylation is 1. The Morgan fingerprint density at radius 1 is 0.344 bits per heavy atom. The molecule has 0 bridgehead atoms. The van der Waals surface area contributed by atoms with Crippen molar-refractivity contribution < 1.29 is 0 Å². The largest absolute Gasteiger partial charge is 0.349 e. The summed E-state index contributed by atoms with van der Waals surface area (Å²) < 4.78 is 0. The molecule has 1 aliphatic carbocycles. The third-order valence-corrected chi connectivity index (χ3v) is 14.3. The van der Waals surface area contributed by atoms with Crippen molar-refractivity contribution in [3.63, 3.8) is 0 Å². The van der Waals surface area contributed by atoms with E-state index in [0.717, 1.165) is 80.1 Å². The van der Waals surface area contributed by atoms with Gasteiger partial charge in [-0.05, 0) is 79.1 Å². The zero-order chi connectivity index (χ0) is 99.9. The van der Waals surface area contributed by atoms with Gasteiger partial charge in [-0.15, -0.1) is 0 Å². The van der Waals surface area contributed by atoms with E-state index in [2.05, 4.69) is 135 Å². The van der Waals surface area contributed by atoms with Gasteiger partial charge in [0.2, 0.25) is 0 Å². The number of hydrogen-bond donors (Lipinski definition) is 0. The lowest BCUT2D eigenvalue weighted by Crippen LogP contribution is -2.35. The summed E-state index contributed by atoms with van der Waals surface area (Å²) in [5.41, 5.74) is 15.5. The van der Waals surface area contributed by atoms with Gasteiger partial charge in [0.05, 0.1) is 12.6 Å². The van der Waals surface area contributed by atoms with Crippen molar-refractivity contribution in [3.05, 3.63) is 399 Å². The summed E-state index contributed by atoms with van der Waals surface area (Å²) in [5.74, 6) is 1.66. The van der Waals surface area contributed by atoms with E-state index in [1.54, 1.807) is 30.9 Å². The number of nitrogens with zero attached hydrogens (tertiary/aromatic N) is 12. The zero-order valence-electron chi connectivity index (χ0n) is 87.0. The van der Waals surface area contributed by atoms with Gasteiger partial charge in [0.25, 0.3) is 5.70 Å². The van der Waals surface area contributed by atoms with Crippen LogP contribution in [0.5, 0.6) is 0 Å². The second-order valence-corrected chi connectivity index (χ2v) is 20.1. The Morgan fingerprint density at radius 2 is 0.656 bits per heavy atom. The molecule has 2 fully saturated rings. The Balaban J connectivity index is -0.0000000994. The molecule has 0 amide bonds. The van der Waals surface area contributed by atoms with Gasteiger partial charge < -0.3 is 19.6 Å². The van der Waals surface area contributed by atoms with Crippen LogP contribution in [0.2, 0.25) is 0 Å². The van der Waals surface area contributed by atoms with Crippen molar-refractivity contribution in [2.45, 2.75) is 256 Å². The van der Waals surface area contributed by atoms with Crippen LogP contribution in [0.1, 0.15) is 277 Å². The average Bonchev–Trinajstić information content (AvgIpc) is 1.09. The molecule has 4 aliphatic rings. The van der Waals surface area contributed by atoms with Crippen LogP contribution in [0.3, 0.4) is 0 Å². The lowest BCUT2D eigenvalue weighted by atomic mass is 9.92.